The molecule has 0 radical (unpaired) electrons. The lowest BCUT2D eigenvalue weighted by atomic mass is 9.95. The number of amides is 2. The summed E-state index contributed by atoms with van der Waals surface area (Å²) in [5.74, 6) is -0.422. The fraction of sp³-hybridized carbons (Fsp3) is 0.375. The summed E-state index contributed by atoms with van der Waals surface area (Å²) < 4.78 is 5.10. The third-order valence-corrected chi connectivity index (χ3v) is 3.51. The molecule has 6 heteroatoms. The summed E-state index contributed by atoms with van der Waals surface area (Å²) in [4.78, 5) is 25.9. The van der Waals surface area contributed by atoms with E-state index >= 15 is 0 Å². The van der Waals surface area contributed by atoms with Crippen LogP contribution in [0, 0.1) is 0 Å². The normalized spacial score (nSPS) is 17.6. The van der Waals surface area contributed by atoms with Gasteiger partial charge in [0.05, 0.1) is 18.2 Å². The van der Waals surface area contributed by atoms with Crippen LogP contribution in [0.2, 0.25) is 0 Å². The molecule has 1 atom stereocenters. The van der Waals surface area contributed by atoms with Crippen molar-refractivity contribution in [3.05, 3.63) is 41.1 Å². The van der Waals surface area contributed by atoms with E-state index in [0.29, 0.717) is 11.3 Å². The lowest BCUT2D eigenvalue weighted by molar-refractivity contribution is -0.139. The van der Waals surface area contributed by atoms with Gasteiger partial charge in [0.25, 0.3) is 0 Å². The maximum Gasteiger partial charge on any atom is 0.338 e. The summed E-state index contributed by atoms with van der Waals surface area (Å²) in [5.41, 5.74) is 2.83. The molecule has 1 heterocycles. The number of rotatable bonds is 4. The Morgan fingerprint density at radius 2 is 1.91 bits per heavy atom. The number of anilines is 1. The van der Waals surface area contributed by atoms with Crippen molar-refractivity contribution in [1.29, 1.82) is 0 Å². The van der Waals surface area contributed by atoms with Gasteiger partial charge in [-0.25, -0.2) is 9.59 Å². The van der Waals surface area contributed by atoms with E-state index in [2.05, 4.69) is 10.6 Å². The van der Waals surface area contributed by atoms with Gasteiger partial charge in [0.2, 0.25) is 0 Å². The first-order chi connectivity index (χ1) is 10.4. The van der Waals surface area contributed by atoms with Crippen LogP contribution in [0.3, 0.4) is 0 Å². The Kier molecular flexibility index (Phi) is 4.70. The van der Waals surface area contributed by atoms with E-state index in [0.717, 1.165) is 11.3 Å². The quantitative estimate of drug-likeness (QED) is 0.834. The van der Waals surface area contributed by atoms with E-state index in [1.807, 2.05) is 43.3 Å². The van der Waals surface area contributed by atoms with Crippen LogP contribution in [0.15, 0.2) is 35.5 Å². The summed E-state index contributed by atoms with van der Waals surface area (Å²) in [7, 11) is 3.91. The fourth-order valence-corrected chi connectivity index (χ4v) is 2.39. The summed E-state index contributed by atoms with van der Waals surface area (Å²) >= 11 is 0. The molecule has 0 bridgehead atoms. The van der Waals surface area contributed by atoms with Gasteiger partial charge >= 0.3 is 12.0 Å². The average molecular weight is 303 g/mol. The van der Waals surface area contributed by atoms with Crippen LogP contribution in [0.25, 0.3) is 0 Å². The Morgan fingerprint density at radius 1 is 1.27 bits per heavy atom. The van der Waals surface area contributed by atoms with Crippen molar-refractivity contribution < 1.29 is 14.3 Å². The van der Waals surface area contributed by atoms with Crippen molar-refractivity contribution in [3.8, 4) is 0 Å². The number of carbonyl (C=O) groups excluding carboxylic acids is 2. The summed E-state index contributed by atoms with van der Waals surface area (Å²) in [6.45, 7) is 3.74. The second-order valence-corrected chi connectivity index (χ2v) is 5.28. The minimum atomic E-state index is -0.510. The third kappa shape index (κ3) is 3.21. The number of urea groups is 1. The number of esters is 1. The smallest absolute Gasteiger partial charge is 0.338 e. The molecule has 2 amide bonds. The Balaban J connectivity index is 2.38. The number of ether oxygens (including phenoxy) is 1. The zero-order valence-corrected chi connectivity index (χ0v) is 13.3. The highest BCUT2D eigenvalue weighted by atomic mass is 16.5. The number of hydrogen-bond donors (Lipinski definition) is 2. The largest absolute Gasteiger partial charge is 0.463 e. The van der Waals surface area contributed by atoms with Crippen molar-refractivity contribution in [2.45, 2.75) is 19.9 Å². The lowest BCUT2D eigenvalue weighted by Gasteiger charge is -2.28. The first kappa shape index (κ1) is 15.9. The predicted octanol–water partition coefficient (Wildman–Crippen LogP) is 1.94. The monoisotopic (exact) mass is 303 g/mol. The molecular formula is C16H21N3O3. The fourth-order valence-electron chi connectivity index (χ4n) is 2.39. The zero-order chi connectivity index (χ0) is 16.3. The first-order valence-corrected chi connectivity index (χ1v) is 7.16. The Bertz CT molecular complexity index is 606. The number of hydrogen-bond acceptors (Lipinski definition) is 4. The Labute approximate surface area is 130 Å². The van der Waals surface area contributed by atoms with E-state index < -0.39 is 12.0 Å². The summed E-state index contributed by atoms with van der Waals surface area (Å²) in [5, 5.41) is 5.40. The first-order valence-electron chi connectivity index (χ1n) is 7.16. The van der Waals surface area contributed by atoms with E-state index in [1.165, 1.54) is 0 Å². The van der Waals surface area contributed by atoms with Crippen molar-refractivity contribution in [2.24, 2.45) is 0 Å². The standard InChI is InChI=1S/C16H21N3O3/c1-5-22-15(20)13-10(2)17-16(21)18-14(13)11-6-8-12(9-7-11)19(3)4/h6-9,14H,5H2,1-4H3,(H2,17,18,21)/t14-/m0/s1. The number of nitrogens with zero attached hydrogens (tertiary/aromatic N) is 1. The molecule has 22 heavy (non-hydrogen) atoms. The van der Waals surface area contributed by atoms with Crippen molar-refractivity contribution in [3.63, 3.8) is 0 Å². The second kappa shape index (κ2) is 6.51. The molecule has 1 aliphatic rings. The molecule has 0 fully saturated rings. The molecule has 2 rings (SSSR count). The van der Waals surface area contributed by atoms with Gasteiger partial charge in [0.1, 0.15) is 0 Å². The molecule has 0 aliphatic carbocycles. The minimum absolute atomic E-state index is 0.288. The van der Waals surface area contributed by atoms with Gasteiger partial charge < -0.3 is 20.3 Å². The molecule has 0 spiro atoms. The summed E-state index contributed by atoms with van der Waals surface area (Å²) in [6.07, 6.45) is 0. The Hall–Kier alpha value is -2.50. The average Bonchev–Trinajstić information content (AvgIpc) is 2.46. The van der Waals surface area contributed by atoms with Crippen LogP contribution < -0.4 is 15.5 Å². The molecule has 118 valence electrons. The minimum Gasteiger partial charge on any atom is -0.463 e. The molecule has 0 unspecified atom stereocenters. The van der Waals surface area contributed by atoms with Crippen LogP contribution in [-0.4, -0.2) is 32.7 Å². The van der Waals surface area contributed by atoms with E-state index in [9.17, 15) is 9.59 Å². The molecule has 0 aromatic heterocycles. The van der Waals surface area contributed by atoms with Crippen LogP contribution in [0.5, 0.6) is 0 Å². The highest BCUT2D eigenvalue weighted by Crippen LogP contribution is 2.28. The number of benzene rings is 1. The highest BCUT2D eigenvalue weighted by molar-refractivity contribution is 5.95. The predicted molar refractivity (Wildman–Crippen MR) is 84.5 cm³/mol. The number of carbonyl (C=O) groups is 2. The third-order valence-electron chi connectivity index (χ3n) is 3.51. The van der Waals surface area contributed by atoms with Crippen molar-refractivity contribution in [1.82, 2.24) is 10.6 Å². The molecule has 2 N–H and O–H groups in total. The van der Waals surface area contributed by atoms with Gasteiger partial charge in [-0.15, -0.1) is 0 Å². The number of nitrogens with one attached hydrogen (secondary N) is 2. The van der Waals surface area contributed by atoms with Gasteiger partial charge in [-0.3, -0.25) is 0 Å². The zero-order valence-electron chi connectivity index (χ0n) is 13.3. The van der Waals surface area contributed by atoms with Crippen LogP contribution >= 0.6 is 0 Å². The molecule has 0 saturated carbocycles. The Morgan fingerprint density at radius 3 is 2.45 bits per heavy atom. The molecule has 1 aromatic carbocycles. The maximum atomic E-state index is 12.2. The number of allylic oxidation sites excluding steroid dienone is 1. The lowest BCUT2D eigenvalue weighted by Crippen LogP contribution is -2.45. The van der Waals surface area contributed by atoms with E-state index in [4.69, 9.17) is 4.74 Å². The SMILES string of the molecule is CCOC(=O)C1=C(C)NC(=O)N[C@H]1c1ccc(N(C)C)cc1. The molecule has 1 aromatic rings. The van der Waals surface area contributed by atoms with Crippen molar-refractivity contribution >= 4 is 17.7 Å². The van der Waals surface area contributed by atoms with Crippen LogP contribution in [-0.2, 0) is 9.53 Å². The van der Waals surface area contributed by atoms with E-state index in [1.54, 1.807) is 13.8 Å². The van der Waals surface area contributed by atoms with Gasteiger partial charge in [0, 0.05) is 25.5 Å². The van der Waals surface area contributed by atoms with Gasteiger partial charge in [-0.2, -0.15) is 0 Å². The van der Waals surface area contributed by atoms with Crippen LogP contribution in [0.1, 0.15) is 25.5 Å². The topological polar surface area (TPSA) is 70.7 Å². The van der Waals surface area contributed by atoms with Gasteiger partial charge in [-0.1, -0.05) is 12.1 Å². The highest BCUT2D eigenvalue weighted by Gasteiger charge is 2.31. The maximum absolute atomic E-state index is 12.2. The van der Waals surface area contributed by atoms with Gasteiger partial charge in [-0.05, 0) is 31.5 Å². The van der Waals surface area contributed by atoms with Crippen molar-refractivity contribution in [2.75, 3.05) is 25.6 Å². The van der Waals surface area contributed by atoms with Gasteiger partial charge in [0.15, 0.2) is 0 Å². The van der Waals surface area contributed by atoms with Crippen LogP contribution in [0.4, 0.5) is 10.5 Å². The molecule has 6 nitrogen and oxygen atoms in total. The second-order valence-electron chi connectivity index (χ2n) is 5.28. The molecule has 1 aliphatic heterocycles. The molecular weight excluding hydrogens is 282 g/mol. The molecule has 0 saturated heterocycles. The van der Waals surface area contributed by atoms with E-state index in [-0.39, 0.29) is 12.6 Å². The summed E-state index contributed by atoms with van der Waals surface area (Å²) in [6, 6.07) is 6.86.